The zero-order valence-electron chi connectivity index (χ0n) is 11.8. The highest BCUT2D eigenvalue weighted by atomic mass is 16.6. The van der Waals surface area contributed by atoms with E-state index >= 15 is 0 Å². The lowest BCUT2D eigenvalue weighted by Crippen LogP contribution is -2.55. The van der Waals surface area contributed by atoms with Gasteiger partial charge in [0.05, 0.1) is 18.3 Å². The Balaban J connectivity index is 1.75. The predicted molar refractivity (Wildman–Crippen MR) is 71.6 cm³/mol. The Morgan fingerprint density at radius 1 is 1.17 bits per heavy atom. The Hall–Kier alpha value is -0.120. The Bertz CT molecular complexity index is 244. The summed E-state index contributed by atoms with van der Waals surface area (Å²) in [6.45, 7) is 5.09. The van der Waals surface area contributed by atoms with Crippen LogP contribution in [0.1, 0.15) is 58.8 Å². The minimum absolute atomic E-state index is 0.0769. The van der Waals surface area contributed by atoms with Crippen LogP contribution in [0.4, 0.5) is 0 Å². The first kappa shape index (κ1) is 14.3. The van der Waals surface area contributed by atoms with Gasteiger partial charge in [-0.3, -0.25) is 0 Å². The fourth-order valence-corrected chi connectivity index (χ4v) is 3.15. The molecule has 2 aliphatic carbocycles. The number of hydrogen-bond acceptors (Lipinski definition) is 3. The average molecular weight is 256 g/mol. The van der Waals surface area contributed by atoms with Crippen molar-refractivity contribution in [3.8, 4) is 0 Å². The molecule has 0 aromatic carbocycles. The van der Waals surface area contributed by atoms with Crippen LogP contribution in [0.15, 0.2) is 0 Å². The molecule has 0 radical (unpaired) electrons. The molecule has 5 unspecified atom stereocenters. The third-order valence-corrected chi connectivity index (χ3v) is 4.41. The molecule has 2 fully saturated rings. The number of ether oxygens (including phenoxy) is 2. The summed E-state index contributed by atoms with van der Waals surface area (Å²) in [4.78, 5) is 0. The van der Waals surface area contributed by atoms with Crippen LogP contribution in [0.2, 0.25) is 0 Å². The molecule has 3 nitrogen and oxygen atoms in total. The van der Waals surface area contributed by atoms with Crippen LogP contribution in [0.5, 0.6) is 0 Å². The van der Waals surface area contributed by atoms with E-state index in [4.69, 9.17) is 9.47 Å². The molecule has 2 rings (SSSR count). The summed E-state index contributed by atoms with van der Waals surface area (Å²) in [5.41, 5.74) is 0. The monoisotopic (exact) mass is 256 g/mol. The molecule has 2 saturated carbocycles. The Labute approximate surface area is 111 Å². The van der Waals surface area contributed by atoms with Gasteiger partial charge >= 0.3 is 0 Å². The van der Waals surface area contributed by atoms with Crippen LogP contribution in [0, 0.1) is 5.92 Å². The lowest BCUT2D eigenvalue weighted by atomic mass is 9.84. The van der Waals surface area contributed by atoms with Crippen LogP contribution in [0.3, 0.4) is 0 Å². The Kier molecular flexibility index (Phi) is 5.46. The molecule has 18 heavy (non-hydrogen) atoms. The zero-order valence-corrected chi connectivity index (χ0v) is 11.8. The van der Waals surface area contributed by atoms with Gasteiger partial charge in [-0.25, -0.2) is 0 Å². The molecular weight excluding hydrogens is 228 g/mol. The topological polar surface area (TPSA) is 38.7 Å². The molecular formula is C15H28O3. The highest BCUT2D eigenvalue weighted by molar-refractivity contribution is 4.93. The van der Waals surface area contributed by atoms with Crippen molar-refractivity contribution in [3.05, 3.63) is 0 Å². The first-order chi connectivity index (χ1) is 8.74. The lowest BCUT2D eigenvalue weighted by Gasteiger charge is -2.43. The summed E-state index contributed by atoms with van der Waals surface area (Å²) in [7, 11) is 0. The number of aliphatic hydroxyl groups excluding tert-OH is 1. The van der Waals surface area contributed by atoms with Crippen molar-refractivity contribution in [1.82, 2.24) is 0 Å². The number of hydrogen-bond donors (Lipinski definition) is 1. The molecule has 2 aliphatic rings. The van der Waals surface area contributed by atoms with Crippen molar-refractivity contribution in [2.45, 2.75) is 83.2 Å². The molecule has 0 aromatic heterocycles. The maximum atomic E-state index is 9.73. The van der Waals surface area contributed by atoms with E-state index in [1.165, 1.54) is 32.1 Å². The van der Waals surface area contributed by atoms with E-state index in [0.717, 1.165) is 25.4 Å². The molecule has 0 amide bonds. The summed E-state index contributed by atoms with van der Waals surface area (Å²) >= 11 is 0. The summed E-state index contributed by atoms with van der Waals surface area (Å²) in [5, 5.41) is 9.73. The third kappa shape index (κ3) is 3.46. The summed E-state index contributed by atoms with van der Waals surface area (Å²) in [6.07, 6.45) is 8.19. The van der Waals surface area contributed by atoms with Crippen LogP contribution >= 0.6 is 0 Å². The van der Waals surface area contributed by atoms with Crippen LogP contribution in [-0.4, -0.2) is 36.1 Å². The molecule has 106 valence electrons. The molecule has 0 spiro atoms. The number of rotatable bonds is 6. The first-order valence-corrected chi connectivity index (χ1v) is 7.69. The average Bonchev–Trinajstić information content (AvgIpc) is 2.39. The molecule has 0 bridgehead atoms. The van der Waals surface area contributed by atoms with Crippen molar-refractivity contribution in [3.63, 3.8) is 0 Å². The number of aliphatic hydroxyl groups is 1. The zero-order chi connectivity index (χ0) is 13.0. The van der Waals surface area contributed by atoms with Crippen LogP contribution in [0.25, 0.3) is 0 Å². The molecule has 5 atom stereocenters. The molecule has 0 aliphatic heterocycles. The quantitative estimate of drug-likeness (QED) is 0.794. The van der Waals surface area contributed by atoms with Gasteiger partial charge in [0, 0.05) is 13.0 Å². The van der Waals surface area contributed by atoms with E-state index in [1.807, 2.05) is 0 Å². The van der Waals surface area contributed by atoms with E-state index in [0.29, 0.717) is 6.10 Å². The van der Waals surface area contributed by atoms with E-state index < -0.39 is 0 Å². The summed E-state index contributed by atoms with van der Waals surface area (Å²) in [5.74, 6) is 0.837. The SMILES string of the molecule is CCCOC1C(O)CC1OC1CCCC(CC)C1. The maximum absolute atomic E-state index is 9.73. The van der Waals surface area contributed by atoms with Crippen LogP contribution < -0.4 is 0 Å². The van der Waals surface area contributed by atoms with Crippen molar-refractivity contribution >= 4 is 0 Å². The highest BCUT2D eigenvalue weighted by Gasteiger charge is 2.43. The van der Waals surface area contributed by atoms with Crippen molar-refractivity contribution < 1.29 is 14.6 Å². The smallest absolute Gasteiger partial charge is 0.110 e. The Morgan fingerprint density at radius 3 is 2.67 bits per heavy atom. The van der Waals surface area contributed by atoms with Gasteiger partial charge in [-0.05, 0) is 25.2 Å². The van der Waals surface area contributed by atoms with E-state index in [1.54, 1.807) is 0 Å². The summed E-state index contributed by atoms with van der Waals surface area (Å²) < 4.78 is 11.8. The van der Waals surface area contributed by atoms with Gasteiger partial charge in [0.25, 0.3) is 0 Å². The molecule has 1 N–H and O–H groups in total. The van der Waals surface area contributed by atoms with Gasteiger partial charge in [0.1, 0.15) is 6.10 Å². The predicted octanol–water partition coefficient (Wildman–Crippen LogP) is 2.90. The summed E-state index contributed by atoms with van der Waals surface area (Å²) in [6, 6.07) is 0. The fourth-order valence-electron chi connectivity index (χ4n) is 3.15. The first-order valence-electron chi connectivity index (χ1n) is 7.69. The second-order valence-electron chi connectivity index (χ2n) is 5.88. The van der Waals surface area contributed by atoms with Gasteiger partial charge in [-0.1, -0.05) is 33.1 Å². The molecule has 0 aromatic rings. The van der Waals surface area contributed by atoms with Gasteiger partial charge in [0.2, 0.25) is 0 Å². The van der Waals surface area contributed by atoms with Gasteiger partial charge < -0.3 is 14.6 Å². The van der Waals surface area contributed by atoms with E-state index in [9.17, 15) is 5.11 Å². The van der Waals surface area contributed by atoms with Gasteiger partial charge in [-0.2, -0.15) is 0 Å². The fraction of sp³-hybridized carbons (Fsp3) is 1.00. The van der Waals surface area contributed by atoms with E-state index in [2.05, 4.69) is 13.8 Å². The van der Waals surface area contributed by atoms with Crippen molar-refractivity contribution in [2.75, 3.05) is 6.61 Å². The largest absolute Gasteiger partial charge is 0.390 e. The molecule has 0 heterocycles. The van der Waals surface area contributed by atoms with Gasteiger partial charge in [0.15, 0.2) is 0 Å². The lowest BCUT2D eigenvalue weighted by molar-refractivity contribution is -0.212. The maximum Gasteiger partial charge on any atom is 0.110 e. The Morgan fingerprint density at radius 2 is 2.00 bits per heavy atom. The molecule has 3 heteroatoms. The van der Waals surface area contributed by atoms with E-state index in [-0.39, 0.29) is 18.3 Å². The second kappa shape index (κ2) is 6.88. The van der Waals surface area contributed by atoms with Crippen molar-refractivity contribution in [2.24, 2.45) is 5.92 Å². The standard InChI is InChI=1S/C15H28O3/c1-3-8-17-15-13(16)10-14(15)18-12-7-5-6-11(4-2)9-12/h11-16H,3-10H2,1-2H3. The van der Waals surface area contributed by atoms with Gasteiger partial charge in [-0.15, -0.1) is 0 Å². The molecule has 0 saturated heterocycles. The minimum atomic E-state index is -0.313. The van der Waals surface area contributed by atoms with Crippen molar-refractivity contribution in [1.29, 1.82) is 0 Å². The normalized spacial score (nSPS) is 40.5. The third-order valence-electron chi connectivity index (χ3n) is 4.41. The highest BCUT2D eigenvalue weighted by Crippen LogP contribution is 2.34. The second-order valence-corrected chi connectivity index (χ2v) is 5.88. The minimum Gasteiger partial charge on any atom is -0.390 e. The van der Waals surface area contributed by atoms with Crippen LogP contribution in [-0.2, 0) is 9.47 Å².